The van der Waals surface area contributed by atoms with E-state index in [1.165, 1.54) is 6.07 Å². The Hall–Kier alpha value is -3.11. The summed E-state index contributed by atoms with van der Waals surface area (Å²) < 4.78 is 69.9. The van der Waals surface area contributed by atoms with Crippen molar-refractivity contribution in [1.82, 2.24) is 9.97 Å². The number of ether oxygens (including phenoxy) is 1. The number of hydrazone groups is 1. The van der Waals surface area contributed by atoms with Crippen LogP contribution in [-0.2, 0) is 5.92 Å². The molecule has 0 radical (unpaired) electrons. The van der Waals surface area contributed by atoms with Crippen molar-refractivity contribution in [1.29, 1.82) is 0 Å². The Kier molecular flexibility index (Phi) is 6.37. The predicted octanol–water partition coefficient (Wildman–Crippen LogP) is 3.76. The molecular weight excluding hydrogens is 373 g/mol. The summed E-state index contributed by atoms with van der Waals surface area (Å²) in [6.45, 7) is 0.446. The van der Waals surface area contributed by atoms with Gasteiger partial charge in [-0.1, -0.05) is 0 Å². The van der Waals surface area contributed by atoms with Gasteiger partial charge in [0.1, 0.15) is 18.1 Å². The Bertz CT molecular complexity index is 834. The van der Waals surface area contributed by atoms with Gasteiger partial charge in [0, 0.05) is 19.3 Å². The van der Waals surface area contributed by atoms with E-state index in [1.54, 1.807) is 0 Å². The number of halogens is 5. The number of aliphatic imine (C=N–C) groups is 1. The molecule has 0 atom stereocenters. The van der Waals surface area contributed by atoms with Crippen LogP contribution in [0.3, 0.4) is 0 Å². The first-order chi connectivity index (χ1) is 12.7. The number of aromatic nitrogens is 2. The highest BCUT2D eigenvalue weighted by molar-refractivity contribution is 6.31. The third-order valence-corrected chi connectivity index (χ3v) is 3.23. The van der Waals surface area contributed by atoms with Gasteiger partial charge in [-0.25, -0.2) is 31.9 Å². The molecule has 6 nitrogen and oxygen atoms in total. The molecule has 1 aromatic carbocycles. The molecule has 11 heteroatoms. The summed E-state index contributed by atoms with van der Waals surface area (Å²) in [5.74, 6) is 1.06. The molecule has 0 unspecified atom stereocenters. The van der Waals surface area contributed by atoms with Gasteiger partial charge in [0.2, 0.25) is 0 Å². The molecule has 2 rings (SSSR count). The summed E-state index contributed by atoms with van der Waals surface area (Å²) >= 11 is 0. The molecule has 0 saturated carbocycles. The molecule has 0 aliphatic heterocycles. The fraction of sp³-hybridized carbons (Fsp3) is 0.250. The molecule has 0 spiro atoms. The number of alkyl halides is 4. The van der Waals surface area contributed by atoms with Crippen molar-refractivity contribution in [2.24, 2.45) is 15.9 Å². The van der Waals surface area contributed by atoms with E-state index in [9.17, 15) is 22.0 Å². The summed E-state index contributed by atoms with van der Waals surface area (Å²) in [6, 6.07) is 2.75. The van der Waals surface area contributed by atoms with Gasteiger partial charge in [0.25, 0.3) is 12.3 Å². The van der Waals surface area contributed by atoms with Gasteiger partial charge < -0.3 is 10.6 Å². The van der Waals surface area contributed by atoms with Gasteiger partial charge in [-0.15, -0.1) is 0 Å². The number of hydrogen-bond acceptors (Lipinski definition) is 6. The van der Waals surface area contributed by atoms with E-state index in [0.717, 1.165) is 30.7 Å². The molecule has 0 aliphatic carbocycles. The largest absolute Gasteiger partial charge is 0.457 e. The minimum absolute atomic E-state index is 0.0543. The first kappa shape index (κ1) is 20.2. The molecule has 1 heterocycles. The maximum atomic E-state index is 13.2. The van der Waals surface area contributed by atoms with E-state index >= 15 is 0 Å². The first-order valence-corrected chi connectivity index (χ1v) is 7.42. The maximum Gasteiger partial charge on any atom is 0.316 e. The van der Waals surface area contributed by atoms with E-state index in [-0.39, 0.29) is 29.6 Å². The van der Waals surface area contributed by atoms with Crippen LogP contribution < -0.4 is 10.6 Å². The lowest BCUT2D eigenvalue weighted by atomic mass is 10.2. The summed E-state index contributed by atoms with van der Waals surface area (Å²) in [5, 5.41) is 3.39. The van der Waals surface area contributed by atoms with Gasteiger partial charge in [-0.05, 0) is 18.2 Å². The van der Waals surface area contributed by atoms with Crippen LogP contribution >= 0.6 is 0 Å². The summed E-state index contributed by atoms with van der Waals surface area (Å²) in [4.78, 5) is 11.1. The van der Waals surface area contributed by atoms with Crippen molar-refractivity contribution in [3.05, 3.63) is 47.5 Å². The zero-order valence-electron chi connectivity index (χ0n) is 13.9. The third kappa shape index (κ3) is 5.69. The summed E-state index contributed by atoms with van der Waals surface area (Å²) in [5.41, 5.74) is -1.03. The lowest BCUT2D eigenvalue weighted by Crippen LogP contribution is -2.16. The van der Waals surface area contributed by atoms with Crippen molar-refractivity contribution in [3.63, 3.8) is 0 Å². The van der Waals surface area contributed by atoms with E-state index < -0.39 is 23.7 Å². The van der Waals surface area contributed by atoms with Crippen molar-refractivity contribution in [2.45, 2.75) is 19.3 Å². The van der Waals surface area contributed by atoms with Crippen LogP contribution in [-0.4, -0.2) is 28.5 Å². The molecule has 2 aromatic rings. The van der Waals surface area contributed by atoms with Crippen molar-refractivity contribution in [3.8, 4) is 6.01 Å². The number of hydrogen-bond donors (Lipinski definition) is 1. The molecule has 27 heavy (non-hydrogen) atoms. The molecule has 0 fully saturated rings. The second kappa shape index (κ2) is 8.52. The second-order valence-corrected chi connectivity index (χ2v) is 5.32. The van der Waals surface area contributed by atoms with Crippen LogP contribution in [0, 0.1) is 5.82 Å². The number of nitrogens with two attached hydrogens (primary N) is 1. The van der Waals surface area contributed by atoms with Crippen molar-refractivity contribution < 1.29 is 26.7 Å². The lowest BCUT2D eigenvalue weighted by molar-refractivity contribution is 0.0166. The first-order valence-electron chi connectivity index (χ1n) is 7.42. The van der Waals surface area contributed by atoms with Crippen LogP contribution in [0.1, 0.15) is 24.5 Å². The van der Waals surface area contributed by atoms with Gasteiger partial charge >= 0.3 is 6.01 Å². The molecule has 144 valence electrons. The van der Waals surface area contributed by atoms with E-state index in [2.05, 4.69) is 20.1 Å². The minimum Gasteiger partial charge on any atom is -0.457 e. The highest BCUT2D eigenvalue weighted by atomic mass is 19.3. The number of nitrogens with zero attached hydrogens (tertiary/aromatic N) is 4. The van der Waals surface area contributed by atoms with E-state index in [0.29, 0.717) is 6.92 Å². The molecule has 2 N–H and O–H groups in total. The average molecular weight is 387 g/mol. The topological polar surface area (TPSA) is 85.8 Å². The Morgan fingerprint density at radius 2 is 1.96 bits per heavy atom. The normalized spacial score (nSPS) is 12.8. The van der Waals surface area contributed by atoms with Crippen LogP contribution in [0.5, 0.6) is 6.01 Å². The van der Waals surface area contributed by atoms with E-state index in [1.807, 2.05) is 0 Å². The smallest absolute Gasteiger partial charge is 0.316 e. The fourth-order valence-corrected chi connectivity index (χ4v) is 1.79. The van der Waals surface area contributed by atoms with Crippen LogP contribution in [0.2, 0.25) is 0 Å². The van der Waals surface area contributed by atoms with Crippen LogP contribution in [0.4, 0.5) is 27.6 Å². The second-order valence-electron chi connectivity index (χ2n) is 5.32. The lowest BCUT2D eigenvalue weighted by Gasteiger charge is -2.09. The molecule has 0 bridgehead atoms. The van der Waals surface area contributed by atoms with Gasteiger partial charge in [0.05, 0.1) is 23.0 Å². The van der Waals surface area contributed by atoms with Gasteiger partial charge in [-0.3, -0.25) is 4.99 Å². The summed E-state index contributed by atoms with van der Waals surface area (Å²) in [6.07, 6.45) is -0.0289. The summed E-state index contributed by atoms with van der Waals surface area (Å²) in [7, 11) is 0. The molecule has 0 aliphatic rings. The average Bonchev–Trinajstić information content (AvgIpc) is 2.62. The highest BCUT2D eigenvalue weighted by Gasteiger charge is 2.25. The zero-order valence-corrected chi connectivity index (χ0v) is 13.9. The van der Waals surface area contributed by atoms with Crippen molar-refractivity contribution >= 4 is 17.6 Å². The Labute approximate surface area is 150 Å². The molecule has 1 aromatic heterocycles. The quantitative estimate of drug-likeness (QED) is 0.339. The Morgan fingerprint density at radius 3 is 2.52 bits per heavy atom. The maximum absolute atomic E-state index is 13.2. The zero-order chi connectivity index (χ0) is 20.0. The fourth-order valence-electron chi connectivity index (χ4n) is 1.79. The molecular formula is C16H14F5N5O. The minimum atomic E-state index is -3.08. The SMILES string of the molecule is CC(F)(F)c1cnc(OCC(C=Nc2ccc(F)c(C(F)F)c2)=NN)nc1. The molecule has 0 saturated heterocycles. The van der Waals surface area contributed by atoms with Crippen LogP contribution in [0.25, 0.3) is 0 Å². The molecule has 0 amide bonds. The number of benzene rings is 1. The van der Waals surface area contributed by atoms with Gasteiger partial charge in [-0.2, -0.15) is 5.10 Å². The van der Waals surface area contributed by atoms with E-state index in [4.69, 9.17) is 10.6 Å². The highest BCUT2D eigenvalue weighted by Crippen LogP contribution is 2.27. The number of rotatable bonds is 7. The van der Waals surface area contributed by atoms with Crippen LogP contribution in [0.15, 0.2) is 40.7 Å². The predicted molar refractivity (Wildman–Crippen MR) is 88.2 cm³/mol. The Morgan fingerprint density at radius 1 is 1.30 bits per heavy atom. The monoisotopic (exact) mass is 387 g/mol. The van der Waals surface area contributed by atoms with Crippen molar-refractivity contribution in [2.75, 3.05) is 6.61 Å². The standard InChI is InChI=1S/C16H14F5N5O/c1-16(20,21)9-5-24-15(25-6-9)27-8-11(26-22)7-23-10-2-3-13(17)12(4-10)14(18)19/h2-7,14H,8,22H2,1H3. The van der Waals surface area contributed by atoms with Gasteiger partial charge in [0.15, 0.2) is 0 Å². The Balaban J connectivity index is 2.02. The third-order valence-electron chi connectivity index (χ3n) is 3.23.